The average Bonchev–Trinajstić information content (AvgIpc) is 2.48. The molecule has 0 unspecified atom stereocenters. The molecule has 2 aliphatic rings. The van der Waals surface area contributed by atoms with Gasteiger partial charge in [0.15, 0.2) is 6.29 Å². The van der Waals surface area contributed by atoms with Crippen molar-refractivity contribution < 1.29 is 18.9 Å². The van der Waals surface area contributed by atoms with Gasteiger partial charge in [-0.25, -0.2) is 0 Å². The van der Waals surface area contributed by atoms with Gasteiger partial charge in [0, 0.05) is 13.5 Å². The second-order valence-corrected chi connectivity index (χ2v) is 5.05. The Morgan fingerprint density at radius 3 is 2.84 bits per heavy atom. The number of hydrogen-bond donors (Lipinski definition) is 0. The van der Waals surface area contributed by atoms with E-state index < -0.39 is 0 Å². The van der Waals surface area contributed by atoms with Crippen LogP contribution in [0, 0.1) is 0 Å². The van der Waals surface area contributed by atoms with Crippen molar-refractivity contribution >= 4 is 0 Å². The van der Waals surface area contributed by atoms with Gasteiger partial charge in [-0.1, -0.05) is 30.3 Å². The van der Waals surface area contributed by atoms with Crippen LogP contribution in [0.15, 0.2) is 30.3 Å². The van der Waals surface area contributed by atoms with E-state index in [1.165, 1.54) is 5.56 Å². The summed E-state index contributed by atoms with van der Waals surface area (Å²) in [5.41, 5.74) is 1.19. The van der Waals surface area contributed by atoms with Crippen molar-refractivity contribution in [2.45, 2.75) is 44.1 Å². The molecule has 0 aliphatic carbocycles. The highest BCUT2D eigenvalue weighted by atomic mass is 16.7. The van der Waals surface area contributed by atoms with Crippen molar-refractivity contribution in [3.05, 3.63) is 35.9 Å². The highest BCUT2D eigenvalue weighted by molar-refractivity contribution is 5.13. The Kier molecular flexibility index (Phi) is 4.13. The molecule has 2 bridgehead atoms. The van der Waals surface area contributed by atoms with Gasteiger partial charge < -0.3 is 18.9 Å². The minimum atomic E-state index is -0.222. The molecule has 0 amide bonds. The van der Waals surface area contributed by atoms with Crippen molar-refractivity contribution in [1.82, 2.24) is 0 Å². The van der Waals surface area contributed by atoms with Gasteiger partial charge in [-0.15, -0.1) is 0 Å². The summed E-state index contributed by atoms with van der Waals surface area (Å²) in [4.78, 5) is 0. The van der Waals surface area contributed by atoms with Crippen LogP contribution in [0.5, 0.6) is 0 Å². The zero-order chi connectivity index (χ0) is 13.1. The highest BCUT2D eigenvalue weighted by Crippen LogP contribution is 2.31. The van der Waals surface area contributed by atoms with E-state index in [1.54, 1.807) is 7.11 Å². The van der Waals surface area contributed by atoms with Crippen LogP contribution in [0.25, 0.3) is 0 Å². The van der Waals surface area contributed by atoms with Gasteiger partial charge in [-0.2, -0.15) is 0 Å². The minimum Gasteiger partial charge on any atom is -0.376 e. The molecule has 19 heavy (non-hydrogen) atoms. The van der Waals surface area contributed by atoms with Gasteiger partial charge in [0.05, 0.1) is 25.4 Å². The molecule has 1 aromatic carbocycles. The van der Waals surface area contributed by atoms with E-state index in [-0.39, 0.29) is 24.6 Å². The molecular weight excluding hydrogens is 244 g/mol. The lowest BCUT2D eigenvalue weighted by Gasteiger charge is -2.43. The topological polar surface area (TPSA) is 36.9 Å². The lowest BCUT2D eigenvalue weighted by Crippen LogP contribution is -2.53. The number of methoxy groups -OCH3 is 1. The summed E-state index contributed by atoms with van der Waals surface area (Å²) < 4.78 is 22.9. The van der Waals surface area contributed by atoms with Gasteiger partial charge in [0.2, 0.25) is 0 Å². The summed E-state index contributed by atoms with van der Waals surface area (Å²) in [6, 6.07) is 10.2. The molecule has 2 heterocycles. The standard InChI is InChI=1S/C15H20O4/c1-16-14-9-13(12-7-8-17-15(14)19-12)18-10-11-5-3-2-4-6-11/h2-6,12-15H,7-10H2,1H3/t12-,13+,14-,15-/m1/s1. The van der Waals surface area contributed by atoms with Crippen LogP contribution in [0.3, 0.4) is 0 Å². The maximum absolute atomic E-state index is 6.03. The van der Waals surface area contributed by atoms with E-state index in [4.69, 9.17) is 18.9 Å². The number of ether oxygens (including phenoxy) is 4. The van der Waals surface area contributed by atoms with E-state index >= 15 is 0 Å². The Labute approximate surface area is 113 Å². The molecule has 1 aromatic rings. The Balaban J connectivity index is 1.60. The van der Waals surface area contributed by atoms with Crippen LogP contribution in [-0.2, 0) is 25.6 Å². The molecule has 4 heteroatoms. The van der Waals surface area contributed by atoms with Crippen LogP contribution in [0.2, 0.25) is 0 Å². The van der Waals surface area contributed by atoms with E-state index in [9.17, 15) is 0 Å². The molecule has 104 valence electrons. The molecule has 0 spiro atoms. The Morgan fingerprint density at radius 2 is 2.05 bits per heavy atom. The van der Waals surface area contributed by atoms with Gasteiger partial charge in [-0.3, -0.25) is 0 Å². The smallest absolute Gasteiger partial charge is 0.184 e. The summed E-state index contributed by atoms with van der Waals surface area (Å²) in [6.45, 7) is 1.34. The molecule has 0 saturated carbocycles. The van der Waals surface area contributed by atoms with Gasteiger partial charge in [0.1, 0.15) is 6.10 Å². The van der Waals surface area contributed by atoms with Crippen molar-refractivity contribution in [3.63, 3.8) is 0 Å². The van der Waals surface area contributed by atoms with Crippen LogP contribution in [-0.4, -0.2) is 38.3 Å². The third-order valence-electron chi connectivity index (χ3n) is 3.79. The van der Waals surface area contributed by atoms with E-state index in [0.717, 1.165) is 19.4 Å². The third-order valence-corrected chi connectivity index (χ3v) is 3.79. The molecular formula is C15H20O4. The number of rotatable bonds is 4. The van der Waals surface area contributed by atoms with Crippen molar-refractivity contribution in [2.24, 2.45) is 0 Å². The first-order valence-corrected chi connectivity index (χ1v) is 6.82. The quantitative estimate of drug-likeness (QED) is 0.834. The maximum atomic E-state index is 6.03. The van der Waals surface area contributed by atoms with E-state index in [2.05, 4.69) is 12.1 Å². The van der Waals surface area contributed by atoms with Crippen LogP contribution >= 0.6 is 0 Å². The first-order chi connectivity index (χ1) is 9.36. The van der Waals surface area contributed by atoms with Crippen LogP contribution < -0.4 is 0 Å². The molecule has 4 atom stereocenters. The molecule has 2 aliphatic heterocycles. The fourth-order valence-electron chi connectivity index (χ4n) is 2.70. The molecule has 4 nitrogen and oxygen atoms in total. The van der Waals surface area contributed by atoms with Crippen molar-refractivity contribution in [3.8, 4) is 0 Å². The molecule has 2 fully saturated rings. The largest absolute Gasteiger partial charge is 0.376 e. The minimum absolute atomic E-state index is 0.0303. The second kappa shape index (κ2) is 6.01. The first kappa shape index (κ1) is 13.1. The van der Waals surface area contributed by atoms with E-state index in [0.29, 0.717) is 6.61 Å². The van der Waals surface area contributed by atoms with E-state index in [1.807, 2.05) is 18.2 Å². The van der Waals surface area contributed by atoms with Crippen molar-refractivity contribution in [2.75, 3.05) is 13.7 Å². The third kappa shape index (κ3) is 2.98. The molecule has 2 saturated heterocycles. The summed E-state index contributed by atoms with van der Waals surface area (Å²) in [7, 11) is 1.70. The fraction of sp³-hybridized carbons (Fsp3) is 0.600. The zero-order valence-corrected chi connectivity index (χ0v) is 11.2. The first-order valence-electron chi connectivity index (χ1n) is 6.82. The normalized spacial score (nSPS) is 34.2. The SMILES string of the molecule is CO[C@@H]1C[C@H](OCc2ccccc2)[C@H]2CCO[C@@H]1O2. The summed E-state index contributed by atoms with van der Waals surface area (Å²) in [6.07, 6.45) is 1.70. The molecule has 3 rings (SSSR count). The predicted octanol–water partition coefficient (Wildman–Crippen LogP) is 2.12. The van der Waals surface area contributed by atoms with Gasteiger partial charge >= 0.3 is 0 Å². The Bertz CT molecular complexity index is 394. The fourth-order valence-corrected chi connectivity index (χ4v) is 2.70. The Morgan fingerprint density at radius 1 is 1.21 bits per heavy atom. The maximum Gasteiger partial charge on any atom is 0.184 e. The number of fused-ring (bicyclic) bond motifs is 2. The zero-order valence-electron chi connectivity index (χ0n) is 11.2. The lowest BCUT2D eigenvalue weighted by atomic mass is 9.98. The number of benzene rings is 1. The van der Waals surface area contributed by atoms with Crippen LogP contribution in [0.4, 0.5) is 0 Å². The molecule has 0 N–H and O–H groups in total. The Hall–Kier alpha value is -0.940. The summed E-state index contributed by atoms with van der Waals surface area (Å²) in [5.74, 6) is 0. The molecule has 0 radical (unpaired) electrons. The van der Waals surface area contributed by atoms with Crippen LogP contribution in [0.1, 0.15) is 18.4 Å². The highest BCUT2D eigenvalue weighted by Gasteiger charge is 2.42. The summed E-state index contributed by atoms with van der Waals surface area (Å²) in [5, 5.41) is 0. The van der Waals surface area contributed by atoms with Crippen molar-refractivity contribution in [1.29, 1.82) is 0 Å². The lowest BCUT2D eigenvalue weighted by molar-refractivity contribution is -0.306. The van der Waals surface area contributed by atoms with Gasteiger partial charge in [-0.05, 0) is 12.0 Å². The van der Waals surface area contributed by atoms with Gasteiger partial charge in [0.25, 0.3) is 0 Å². The monoisotopic (exact) mass is 264 g/mol. The molecule has 0 aromatic heterocycles. The summed E-state index contributed by atoms with van der Waals surface area (Å²) >= 11 is 0. The predicted molar refractivity (Wildman–Crippen MR) is 69.7 cm³/mol. The number of hydrogen-bond acceptors (Lipinski definition) is 4. The second-order valence-electron chi connectivity index (χ2n) is 5.05. The average molecular weight is 264 g/mol.